The van der Waals surface area contributed by atoms with Gasteiger partial charge < -0.3 is 20.7 Å². The lowest BCUT2D eigenvalue weighted by Gasteiger charge is -2.10. The molecule has 6 nitrogen and oxygen atoms in total. The van der Waals surface area contributed by atoms with Crippen molar-refractivity contribution < 1.29 is 14.3 Å². The third kappa shape index (κ3) is 5.61. The average Bonchev–Trinajstić information content (AvgIpc) is 2.64. The van der Waals surface area contributed by atoms with E-state index < -0.39 is 0 Å². The topological polar surface area (TPSA) is 79.5 Å². The van der Waals surface area contributed by atoms with Crippen LogP contribution in [0.25, 0.3) is 0 Å². The van der Waals surface area contributed by atoms with E-state index in [0.29, 0.717) is 22.8 Å². The highest BCUT2D eigenvalue weighted by Gasteiger charge is 2.05. The minimum Gasteiger partial charge on any atom is -0.457 e. The number of amides is 3. The smallest absolute Gasteiger partial charge is 0.323 e. The number of ether oxygens (including phenoxy) is 1. The number of anilines is 3. The Bertz CT molecular complexity index is 925. The summed E-state index contributed by atoms with van der Waals surface area (Å²) in [6.45, 7) is 1.43. The van der Waals surface area contributed by atoms with Crippen LogP contribution in [-0.2, 0) is 4.79 Å². The predicted octanol–water partition coefficient (Wildman–Crippen LogP) is 5.08. The van der Waals surface area contributed by atoms with E-state index in [9.17, 15) is 9.59 Å². The second-order valence-corrected chi connectivity index (χ2v) is 5.78. The molecule has 0 saturated heterocycles. The number of benzene rings is 3. The Kier molecular flexibility index (Phi) is 5.69. The van der Waals surface area contributed by atoms with Gasteiger partial charge in [-0.2, -0.15) is 0 Å². The number of carbonyl (C=O) groups is 2. The first-order valence-electron chi connectivity index (χ1n) is 8.37. The second-order valence-electron chi connectivity index (χ2n) is 5.78. The number of nitrogens with one attached hydrogen (secondary N) is 3. The third-order valence-corrected chi connectivity index (χ3v) is 3.53. The third-order valence-electron chi connectivity index (χ3n) is 3.53. The number of hydrogen-bond donors (Lipinski definition) is 3. The maximum atomic E-state index is 12.2. The van der Waals surface area contributed by atoms with Crippen LogP contribution in [0.3, 0.4) is 0 Å². The predicted molar refractivity (Wildman–Crippen MR) is 106 cm³/mol. The minimum absolute atomic E-state index is 0.172. The Morgan fingerprint density at radius 2 is 1.26 bits per heavy atom. The van der Waals surface area contributed by atoms with E-state index in [1.807, 2.05) is 30.3 Å². The van der Waals surface area contributed by atoms with E-state index in [1.54, 1.807) is 48.5 Å². The molecule has 0 aromatic heterocycles. The van der Waals surface area contributed by atoms with Gasteiger partial charge in [0.2, 0.25) is 5.91 Å². The van der Waals surface area contributed by atoms with E-state index in [4.69, 9.17) is 4.74 Å². The molecule has 3 amide bonds. The zero-order valence-corrected chi connectivity index (χ0v) is 14.7. The molecule has 3 aromatic carbocycles. The van der Waals surface area contributed by atoms with Crippen LogP contribution in [0, 0.1) is 0 Å². The monoisotopic (exact) mass is 361 g/mol. The minimum atomic E-state index is -0.383. The molecule has 6 heteroatoms. The molecule has 0 atom stereocenters. The van der Waals surface area contributed by atoms with E-state index in [1.165, 1.54) is 6.92 Å². The van der Waals surface area contributed by atoms with Crippen molar-refractivity contribution in [2.24, 2.45) is 0 Å². The fourth-order valence-electron chi connectivity index (χ4n) is 2.40. The molecule has 3 N–H and O–H groups in total. The van der Waals surface area contributed by atoms with Gasteiger partial charge in [0.05, 0.1) is 0 Å². The standard InChI is InChI=1S/C21H19N3O3/c1-15(25)22-17-6-5-7-18(14-17)24-21(26)23-16-10-12-20(13-11-16)27-19-8-3-2-4-9-19/h2-14H,1H3,(H,22,25)(H2,23,24,26). The van der Waals surface area contributed by atoms with Gasteiger partial charge >= 0.3 is 6.03 Å². The Morgan fingerprint density at radius 3 is 1.93 bits per heavy atom. The van der Waals surface area contributed by atoms with Gasteiger partial charge in [-0.05, 0) is 54.6 Å². The zero-order chi connectivity index (χ0) is 19.1. The molecule has 0 aliphatic rings. The fourth-order valence-corrected chi connectivity index (χ4v) is 2.40. The van der Waals surface area contributed by atoms with Gasteiger partial charge in [-0.25, -0.2) is 4.79 Å². The highest BCUT2D eigenvalue weighted by molar-refractivity contribution is 6.00. The molecule has 0 fully saturated rings. The van der Waals surface area contributed by atoms with Crippen molar-refractivity contribution in [3.05, 3.63) is 78.9 Å². The first-order valence-corrected chi connectivity index (χ1v) is 8.37. The second kappa shape index (κ2) is 8.53. The van der Waals surface area contributed by atoms with E-state index >= 15 is 0 Å². The molecule has 136 valence electrons. The van der Waals surface area contributed by atoms with Crippen LogP contribution in [0.1, 0.15) is 6.92 Å². The Hall–Kier alpha value is -3.80. The van der Waals surface area contributed by atoms with Gasteiger partial charge in [0.25, 0.3) is 0 Å². The normalized spacial score (nSPS) is 9.96. The van der Waals surface area contributed by atoms with Crippen LogP contribution in [0.5, 0.6) is 11.5 Å². The van der Waals surface area contributed by atoms with Crippen molar-refractivity contribution in [3.63, 3.8) is 0 Å². The highest BCUT2D eigenvalue weighted by atomic mass is 16.5. The van der Waals surface area contributed by atoms with Crippen molar-refractivity contribution in [2.75, 3.05) is 16.0 Å². The Morgan fingerprint density at radius 1 is 0.667 bits per heavy atom. The quantitative estimate of drug-likeness (QED) is 0.593. The number of urea groups is 1. The SMILES string of the molecule is CC(=O)Nc1cccc(NC(=O)Nc2ccc(Oc3ccccc3)cc2)c1. The lowest BCUT2D eigenvalue weighted by Crippen LogP contribution is -2.19. The lowest BCUT2D eigenvalue weighted by atomic mass is 10.2. The maximum Gasteiger partial charge on any atom is 0.323 e. The van der Waals surface area contributed by atoms with Gasteiger partial charge in [-0.15, -0.1) is 0 Å². The number of rotatable bonds is 5. The molecular weight excluding hydrogens is 342 g/mol. The van der Waals surface area contributed by atoms with Crippen LogP contribution in [0.2, 0.25) is 0 Å². The molecule has 27 heavy (non-hydrogen) atoms. The van der Waals surface area contributed by atoms with Crippen LogP contribution >= 0.6 is 0 Å². The summed E-state index contributed by atoms with van der Waals surface area (Å²) in [4.78, 5) is 23.3. The van der Waals surface area contributed by atoms with Crippen molar-refractivity contribution in [1.29, 1.82) is 0 Å². The van der Waals surface area contributed by atoms with E-state index in [2.05, 4.69) is 16.0 Å². The lowest BCUT2D eigenvalue weighted by molar-refractivity contribution is -0.114. The Labute approximate surface area is 157 Å². The van der Waals surface area contributed by atoms with Gasteiger partial charge in [-0.1, -0.05) is 24.3 Å². The summed E-state index contributed by atoms with van der Waals surface area (Å²) in [5.74, 6) is 1.25. The van der Waals surface area contributed by atoms with Crippen molar-refractivity contribution in [1.82, 2.24) is 0 Å². The van der Waals surface area contributed by atoms with E-state index in [0.717, 1.165) is 5.75 Å². The first-order chi connectivity index (χ1) is 13.1. The number of para-hydroxylation sites is 1. The van der Waals surface area contributed by atoms with Crippen molar-refractivity contribution >= 4 is 29.0 Å². The fraction of sp³-hybridized carbons (Fsp3) is 0.0476. The highest BCUT2D eigenvalue weighted by Crippen LogP contribution is 2.23. The summed E-state index contributed by atoms with van der Waals surface area (Å²) < 4.78 is 5.72. The number of carbonyl (C=O) groups excluding carboxylic acids is 2. The molecule has 3 rings (SSSR count). The van der Waals surface area contributed by atoms with Gasteiger partial charge in [-0.3, -0.25) is 4.79 Å². The molecule has 0 spiro atoms. The summed E-state index contributed by atoms with van der Waals surface area (Å²) in [6, 6.07) is 23.1. The summed E-state index contributed by atoms with van der Waals surface area (Å²) in [5.41, 5.74) is 1.82. The van der Waals surface area contributed by atoms with Crippen LogP contribution < -0.4 is 20.7 Å². The molecule has 0 unspecified atom stereocenters. The molecular formula is C21H19N3O3. The summed E-state index contributed by atoms with van der Waals surface area (Å²) in [5, 5.41) is 8.14. The van der Waals surface area contributed by atoms with Crippen LogP contribution in [-0.4, -0.2) is 11.9 Å². The van der Waals surface area contributed by atoms with Crippen LogP contribution in [0.4, 0.5) is 21.9 Å². The molecule has 0 aliphatic carbocycles. The van der Waals surface area contributed by atoms with Crippen molar-refractivity contribution in [2.45, 2.75) is 6.92 Å². The summed E-state index contributed by atoms with van der Waals surface area (Å²) in [7, 11) is 0. The molecule has 3 aromatic rings. The molecule has 0 aliphatic heterocycles. The largest absolute Gasteiger partial charge is 0.457 e. The molecule has 0 saturated carbocycles. The summed E-state index contributed by atoms with van der Waals surface area (Å²) in [6.07, 6.45) is 0. The molecule has 0 bridgehead atoms. The maximum absolute atomic E-state index is 12.2. The van der Waals surface area contributed by atoms with E-state index in [-0.39, 0.29) is 11.9 Å². The van der Waals surface area contributed by atoms with Crippen molar-refractivity contribution in [3.8, 4) is 11.5 Å². The zero-order valence-electron chi connectivity index (χ0n) is 14.7. The number of hydrogen-bond acceptors (Lipinski definition) is 3. The first kappa shape index (κ1) is 18.0. The molecule has 0 heterocycles. The van der Waals surface area contributed by atoms with Gasteiger partial charge in [0.15, 0.2) is 0 Å². The molecule has 0 radical (unpaired) electrons. The van der Waals surface area contributed by atoms with Gasteiger partial charge in [0, 0.05) is 24.0 Å². The average molecular weight is 361 g/mol. The van der Waals surface area contributed by atoms with Crippen LogP contribution in [0.15, 0.2) is 78.9 Å². The Balaban J connectivity index is 1.57. The summed E-state index contributed by atoms with van der Waals surface area (Å²) >= 11 is 0. The van der Waals surface area contributed by atoms with Gasteiger partial charge in [0.1, 0.15) is 11.5 Å².